The molecule has 146 valence electrons. The van der Waals surface area contributed by atoms with E-state index in [1.165, 1.54) is 14.0 Å². The van der Waals surface area contributed by atoms with Crippen molar-refractivity contribution in [1.29, 1.82) is 0 Å². The molecular formula is C19H25N3O5. The molecule has 1 aromatic rings. The molecule has 1 heterocycles. The first-order chi connectivity index (χ1) is 12.9. The third kappa shape index (κ3) is 4.15. The third-order valence-electron chi connectivity index (χ3n) is 5.15. The molecule has 1 saturated carbocycles. The monoisotopic (exact) mass is 375 g/mol. The van der Waals surface area contributed by atoms with E-state index in [9.17, 15) is 14.4 Å². The van der Waals surface area contributed by atoms with Crippen LogP contribution in [0.25, 0.3) is 0 Å². The topological polar surface area (TPSA) is 88.2 Å². The summed E-state index contributed by atoms with van der Waals surface area (Å²) in [5.74, 6) is 0.382. The molecular weight excluding hydrogens is 350 g/mol. The molecule has 2 aliphatic rings. The van der Waals surface area contributed by atoms with Gasteiger partial charge in [-0.25, -0.2) is 0 Å². The standard InChI is InChI=1S/C19H25N3O5/c1-12(23)21-6-8-22(9-7-21)19(25)15-11-14(15)18(24)20-16-5-4-13(26-2)10-17(16)27-3/h4-5,10,14-15H,6-9,11H2,1-3H3,(H,20,24). The highest BCUT2D eigenvalue weighted by molar-refractivity contribution is 6.00. The Kier molecular flexibility index (Phi) is 5.53. The van der Waals surface area contributed by atoms with Gasteiger partial charge in [-0.2, -0.15) is 0 Å². The van der Waals surface area contributed by atoms with Gasteiger partial charge in [0.05, 0.1) is 31.7 Å². The highest BCUT2D eigenvalue weighted by atomic mass is 16.5. The van der Waals surface area contributed by atoms with Crippen molar-refractivity contribution in [3.63, 3.8) is 0 Å². The SMILES string of the molecule is COc1ccc(NC(=O)C2CC2C(=O)N2CCN(C(C)=O)CC2)c(OC)c1. The van der Waals surface area contributed by atoms with Crippen molar-refractivity contribution in [3.05, 3.63) is 18.2 Å². The third-order valence-corrected chi connectivity index (χ3v) is 5.15. The number of amides is 3. The van der Waals surface area contributed by atoms with Gasteiger partial charge in [-0.1, -0.05) is 0 Å². The number of nitrogens with zero attached hydrogens (tertiary/aromatic N) is 2. The second kappa shape index (κ2) is 7.85. The van der Waals surface area contributed by atoms with Crippen LogP contribution in [0, 0.1) is 11.8 Å². The lowest BCUT2D eigenvalue weighted by Gasteiger charge is -2.34. The molecule has 8 nitrogen and oxygen atoms in total. The fourth-order valence-corrected chi connectivity index (χ4v) is 3.36. The largest absolute Gasteiger partial charge is 0.497 e. The Morgan fingerprint density at radius 1 is 1.00 bits per heavy atom. The second-order valence-electron chi connectivity index (χ2n) is 6.84. The zero-order valence-electron chi connectivity index (χ0n) is 15.9. The van der Waals surface area contributed by atoms with Crippen molar-refractivity contribution in [2.24, 2.45) is 11.8 Å². The zero-order valence-corrected chi connectivity index (χ0v) is 15.9. The molecule has 2 fully saturated rings. The number of ether oxygens (including phenoxy) is 2. The van der Waals surface area contributed by atoms with Gasteiger partial charge in [0.15, 0.2) is 0 Å². The van der Waals surface area contributed by atoms with Gasteiger partial charge in [0.2, 0.25) is 17.7 Å². The number of benzene rings is 1. The lowest BCUT2D eigenvalue weighted by Crippen LogP contribution is -2.50. The highest BCUT2D eigenvalue weighted by Crippen LogP contribution is 2.41. The first-order valence-electron chi connectivity index (χ1n) is 9.01. The van der Waals surface area contributed by atoms with Gasteiger partial charge < -0.3 is 24.6 Å². The minimum Gasteiger partial charge on any atom is -0.497 e. The van der Waals surface area contributed by atoms with Crippen molar-refractivity contribution in [1.82, 2.24) is 9.80 Å². The maximum Gasteiger partial charge on any atom is 0.228 e. The number of carbonyl (C=O) groups excluding carboxylic acids is 3. The summed E-state index contributed by atoms with van der Waals surface area (Å²) in [6, 6.07) is 5.15. The predicted octanol–water partition coefficient (Wildman–Crippen LogP) is 0.969. The molecule has 0 radical (unpaired) electrons. The molecule has 8 heteroatoms. The summed E-state index contributed by atoms with van der Waals surface area (Å²) in [4.78, 5) is 40.0. The van der Waals surface area contributed by atoms with Crippen LogP contribution in [0.3, 0.4) is 0 Å². The Labute approximate surface area is 158 Å². The van der Waals surface area contributed by atoms with Crippen LogP contribution in [0.1, 0.15) is 13.3 Å². The maximum absolute atomic E-state index is 12.6. The minimum absolute atomic E-state index is 0.0000444. The first-order valence-corrected chi connectivity index (χ1v) is 9.01. The summed E-state index contributed by atoms with van der Waals surface area (Å²) in [5, 5.41) is 2.84. The first kappa shape index (κ1) is 19.0. The quantitative estimate of drug-likeness (QED) is 0.829. The van der Waals surface area contributed by atoms with Crippen LogP contribution >= 0.6 is 0 Å². The van der Waals surface area contributed by atoms with E-state index in [2.05, 4.69) is 5.32 Å². The molecule has 0 aromatic heterocycles. The van der Waals surface area contributed by atoms with E-state index in [-0.39, 0.29) is 29.6 Å². The average Bonchev–Trinajstić information content (AvgIpc) is 3.48. The number of piperazine rings is 1. The fourth-order valence-electron chi connectivity index (χ4n) is 3.36. The van der Waals surface area contributed by atoms with Crippen LogP contribution in [-0.2, 0) is 14.4 Å². The molecule has 27 heavy (non-hydrogen) atoms. The van der Waals surface area contributed by atoms with E-state index in [0.29, 0.717) is 49.8 Å². The summed E-state index contributed by atoms with van der Waals surface area (Å²) < 4.78 is 10.4. The number of carbonyl (C=O) groups is 3. The van der Waals surface area contributed by atoms with E-state index in [1.54, 1.807) is 35.1 Å². The van der Waals surface area contributed by atoms with Crippen LogP contribution < -0.4 is 14.8 Å². The average molecular weight is 375 g/mol. The minimum atomic E-state index is -0.324. The number of nitrogens with one attached hydrogen (secondary N) is 1. The molecule has 2 unspecified atom stereocenters. The van der Waals surface area contributed by atoms with Gasteiger partial charge in [-0.15, -0.1) is 0 Å². The molecule has 1 aliphatic heterocycles. The molecule has 0 spiro atoms. The van der Waals surface area contributed by atoms with Crippen LogP contribution in [0.5, 0.6) is 11.5 Å². The Morgan fingerprint density at radius 3 is 2.26 bits per heavy atom. The molecule has 3 rings (SSSR count). The molecule has 1 aliphatic carbocycles. The predicted molar refractivity (Wildman–Crippen MR) is 98.6 cm³/mol. The van der Waals surface area contributed by atoms with Gasteiger partial charge in [0.1, 0.15) is 11.5 Å². The van der Waals surface area contributed by atoms with Crippen LogP contribution in [0.15, 0.2) is 18.2 Å². The Bertz CT molecular complexity index is 743. The normalized spacial score (nSPS) is 21.4. The lowest BCUT2D eigenvalue weighted by molar-refractivity contribution is -0.139. The molecule has 1 N–H and O–H groups in total. The Hall–Kier alpha value is -2.77. The smallest absolute Gasteiger partial charge is 0.228 e. The summed E-state index contributed by atoms with van der Waals surface area (Å²) >= 11 is 0. The molecule has 1 aromatic carbocycles. The zero-order chi connectivity index (χ0) is 19.6. The van der Waals surface area contributed by atoms with Gasteiger partial charge in [-0.05, 0) is 18.6 Å². The summed E-state index contributed by atoms with van der Waals surface area (Å²) in [7, 11) is 3.08. The van der Waals surface area contributed by atoms with Crippen molar-refractivity contribution in [2.45, 2.75) is 13.3 Å². The summed E-state index contributed by atoms with van der Waals surface area (Å²) in [5.41, 5.74) is 0.552. The maximum atomic E-state index is 12.6. The van der Waals surface area contributed by atoms with E-state index in [4.69, 9.17) is 9.47 Å². The van der Waals surface area contributed by atoms with Crippen LogP contribution in [-0.4, -0.2) is 67.9 Å². The Morgan fingerprint density at radius 2 is 1.67 bits per heavy atom. The Balaban J connectivity index is 1.55. The molecule has 3 amide bonds. The van der Waals surface area contributed by atoms with Crippen molar-refractivity contribution >= 4 is 23.4 Å². The summed E-state index contributed by atoms with van der Waals surface area (Å²) in [6.45, 7) is 3.68. The van der Waals surface area contributed by atoms with Crippen LogP contribution in [0.4, 0.5) is 5.69 Å². The number of rotatable bonds is 5. The van der Waals surface area contributed by atoms with E-state index >= 15 is 0 Å². The van der Waals surface area contributed by atoms with Crippen LogP contribution in [0.2, 0.25) is 0 Å². The number of hydrogen-bond donors (Lipinski definition) is 1. The van der Waals surface area contributed by atoms with Gasteiger partial charge in [-0.3, -0.25) is 14.4 Å². The van der Waals surface area contributed by atoms with E-state index < -0.39 is 0 Å². The van der Waals surface area contributed by atoms with Crippen molar-refractivity contribution in [2.75, 3.05) is 45.7 Å². The van der Waals surface area contributed by atoms with Crippen molar-refractivity contribution in [3.8, 4) is 11.5 Å². The highest BCUT2D eigenvalue weighted by Gasteiger charge is 2.49. The molecule has 1 saturated heterocycles. The summed E-state index contributed by atoms with van der Waals surface area (Å²) in [6.07, 6.45) is 0.552. The molecule has 2 atom stereocenters. The number of methoxy groups -OCH3 is 2. The fraction of sp³-hybridized carbons (Fsp3) is 0.526. The number of hydrogen-bond acceptors (Lipinski definition) is 5. The second-order valence-corrected chi connectivity index (χ2v) is 6.84. The van der Waals surface area contributed by atoms with Gasteiger partial charge in [0.25, 0.3) is 0 Å². The van der Waals surface area contributed by atoms with E-state index in [0.717, 1.165) is 0 Å². The van der Waals surface area contributed by atoms with Gasteiger partial charge in [0, 0.05) is 39.2 Å². The molecule has 0 bridgehead atoms. The number of anilines is 1. The van der Waals surface area contributed by atoms with Crippen molar-refractivity contribution < 1.29 is 23.9 Å². The van der Waals surface area contributed by atoms with E-state index in [1.807, 2.05) is 0 Å². The lowest BCUT2D eigenvalue weighted by atomic mass is 10.2. The van der Waals surface area contributed by atoms with Gasteiger partial charge >= 0.3 is 0 Å².